The van der Waals surface area contributed by atoms with Gasteiger partial charge in [0.05, 0.1) is 23.5 Å². The van der Waals surface area contributed by atoms with Crippen LogP contribution in [0.5, 0.6) is 0 Å². The minimum Gasteiger partial charge on any atom is -0.460 e. The van der Waals surface area contributed by atoms with Crippen molar-refractivity contribution in [2.75, 3.05) is 5.75 Å². The van der Waals surface area contributed by atoms with Crippen molar-refractivity contribution in [1.29, 1.82) is 0 Å². The Bertz CT molecular complexity index is 1290. The molecule has 5 rings (SSSR count). The van der Waals surface area contributed by atoms with Gasteiger partial charge >= 0.3 is 23.9 Å². The molecule has 0 radical (unpaired) electrons. The molecule has 2 saturated heterocycles. The van der Waals surface area contributed by atoms with Crippen molar-refractivity contribution < 1.29 is 42.9 Å². The van der Waals surface area contributed by atoms with E-state index in [1.165, 1.54) is 0 Å². The van der Waals surface area contributed by atoms with E-state index in [0.717, 1.165) is 43.9 Å². The van der Waals surface area contributed by atoms with Gasteiger partial charge in [-0.3, -0.25) is 14.4 Å². The van der Waals surface area contributed by atoms with Crippen LogP contribution < -0.4 is 0 Å². The Balaban J connectivity index is 1.63. The summed E-state index contributed by atoms with van der Waals surface area (Å²) in [7, 11) is 0. The van der Waals surface area contributed by atoms with Gasteiger partial charge in [-0.05, 0) is 71.0 Å². The summed E-state index contributed by atoms with van der Waals surface area (Å²) in [6.45, 7) is 9.07. The molecule has 2 fully saturated rings. The highest BCUT2D eigenvalue weighted by atomic mass is 32.2. The molecule has 3 aliphatic heterocycles. The minimum atomic E-state index is -1.78. The topological polar surface area (TPSA) is 122 Å². The smallest absolute Gasteiger partial charge is 0.343 e. The lowest BCUT2D eigenvalue weighted by molar-refractivity contribution is -0.266. The summed E-state index contributed by atoms with van der Waals surface area (Å²) in [5, 5.41) is -0.175. The highest BCUT2D eigenvalue weighted by Crippen LogP contribution is 2.67. The van der Waals surface area contributed by atoms with E-state index in [1.807, 2.05) is 26.0 Å². The van der Waals surface area contributed by atoms with Crippen molar-refractivity contribution in [2.24, 2.45) is 23.2 Å². The van der Waals surface area contributed by atoms with Crippen LogP contribution in [0.2, 0.25) is 0 Å². The zero-order valence-corrected chi connectivity index (χ0v) is 25.8. The van der Waals surface area contributed by atoms with E-state index in [1.54, 1.807) is 20.8 Å². The summed E-state index contributed by atoms with van der Waals surface area (Å²) in [6, 6.07) is 0. The number of carbonyl (C=O) groups excluding carboxylic acids is 5. The first kappa shape index (κ1) is 30.7. The van der Waals surface area contributed by atoms with Crippen LogP contribution in [0.15, 0.2) is 34.9 Å². The van der Waals surface area contributed by atoms with Crippen LogP contribution in [0.4, 0.5) is 0 Å². The van der Waals surface area contributed by atoms with Crippen LogP contribution >= 0.6 is 11.8 Å². The quantitative estimate of drug-likeness (QED) is 0.110. The monoisotopic (exact) mass is 600 g/mol. The van der Waals surface area contributed by atoms with Gasteiger partial charge in [0.15, 0.2) is 0 Å². The number of ether oxygens (including phenoxy) is 4. The molecule has 0 N–H and O–H groups in total. The van der Waals surface area contributed by atoms with Crippen molar-refractivity contribution >= 4 is 40.8 Å². The number of carbonyl (C=O) groups is 5. The number of rotatable bonds is 10. The fraction of sp³-hybridized carbons (Fsp3) is 0.656. The number of esters is 4. The van der Waals surface area contributed by atoms with Crippen LogP contribution in [0.25, 0.3) is 0 Å². The van der Waals surface area contributed by atoms with Gasteiger partial charge in [-0.25, -0.2) is 9.59 Å². The van der Waals surface area contributed by atoms with Gasteiger partial charge in [-0.15, -0.1) is 0 Å². The van der Waals surface area contributed by atoms with Gasteiger partial charge < -0.3 is 18.9 Å². The van der Waals surface area contributed by atoms with Gasteiger partial charge in [-0.1, -0.05) is 49.8 Å². The molecule has 5 aliphatic rings. The second kappa shape index (κ2) is 11.4. The van der Waals surface area contributed by atoms with Crippen molar-refractivity contribution in [1.82, 2.24) is 0 Å². The van der Waals surface area contributed by atoms with Crippen molar-refractivity contribution in [3.05, 3.63) is 34.9 Å². The first-order chi connectivity index (χ1) is 19.9. The zero-order chi connectivity index (χ0) is 30.4. The number of thioether (sulfide) groups is 1. The third-order valence-corrected chi connectivity index (χ3v) is 9.76. The van der Waals surface area contributed by atoms with E-state index in [0.29, 0.717) is 17.7 Å². The molecular formula is C32H40O9S. The summed E-state index contributed by atoms with van der Waals surface area (Å²) in [5.74, 6) is -5.42. The molecule has 42 heavy (non-hydrogen) atoms. The first-order valence-corrected chi connectivity index (χ1v) is 16.0. The minimum absolute atomic E-state index is 0.0892. The van der Waals surface area contributed by atoms with Crippen LogP contribution in [0.1, 0.15) is 86.0 Å². The summed E-state index contributed by atoms with van der Waals surface area (Å²) in [6.07, 6.45) is 9.64. The predicted octanol–water partition coefficient (Wildman–Crippen LogP) is 5.13. The molecule has 9 nitrogen and oxygen atoms in total. The zero-order valence-electron chi connectivity index (χ0n) is 25.0. The molecule has 0 aromatic carbocycles. The molecule has 6 atom stereocenters. The number of cyclic esters (lactones) is 2. The maximum atomic E-state index is 14.0. The van der Waals surface area contributed by atoms with Crippen molar-refractivity contribution in [3.63, 3.8) is 0 Å². The Morgan fingerprint density at radius 2 is 1.90 bits per heavy atom. The Hall–Kier alpha value is -2.72. The Kier molecular flexibility index (Phi) is 8.35. The number of hydrogen-bond donors (Lipinski definition) is 0. The van der Waals surface area contributed by atoms with E-state index in [-0.39, 0.29) is 34.5 Å². The van der Waals surface area contributed by atoms with E-state index in [2.05, 4.69) is 6.08 Å². The average Bonchev–Trinajstić information content (AvgIpc) is 3.25. The summed E-state index contributed by atoms with van der Waals surface area (Å²) < 4.78 is 23.4. The van der Waals surface area contributed by atoms with Crippen LogP contribution in [0, 0.1) is 23.2 Å². The lowest BCUT2D eigenvalue weighted by Gasteiger charge is -2.52. The molecule has 10 heteroatoms. The Morgan fingerprint density at radius 3 is 2.60 bits per heavy atom. The number of allylic oxidation sites excluding steroid dienone is 3. The largest absolute Gasteiger partial charge is 0.460 e. The van der Waals surface area contributed by atoms with Gasteiger partial charge in [-0.2, -0.15) is 0 Å². The molecule has 2 aliphatic carbocycles. The third-order valence-electron chi connectivity index (χ3n) is 8.92. The van der Waals surface area contributed by atoms with E-state index in [9.17, 15) is 24.0 Å². The number of unbranched alkanes of at least 4 members (excludes halogenated alkanes) is 3. The molecular weight excluding hydrogens is 560 g/mol. The molecule has 5 bridgehead atoms. The summed E-state index contributed by atoms with van der Waals surface area (Å²) in [4.78, 5) is 66.9. The van der Waals surface area contributed by atoms with Gasteiger partial charge in [0.25, 0.3) is 0 Å². The molecule has 0 unspecified atom stereocenters. The SMILES string of the molecule is C/C=C/CCCCC[C@H]1C=C2[C@@]3(CC(=O)OC(C)(C)C)CC4=C(C(=O)OC4=O)[C@H]4[C@@H]1C[C@@H](C(=O)SCC)O[C@]24OC3=O. The van der Waals surface area contributed by atoms with E-state index < -0.39 is 59.1 Å². The fourth-order valence-electron chi connectivity index (χ4n) is 7.39. The van der Waals surface area contributed by atoms with Crippen molar-refractivity contribution in [2.45, 2.75) is 103 Å². The molecule has 0 amide bonds. The fourth-order valence-corrected chi connectivity index (χ4v) is 8.01. The Morgan fingerprint density at radius 1 is 1.14 bits per heavy atom. The third kappa shape index (κ3) is 5.19. The number of hydrogen-bond acceptors (Lipinski definition) is 10. The average molecular weight is 601 g/mol. The van der Waals surface area contributed by atoms with Crippen LogP contribution in [-0.4, -0.2) is 52.2 Å². The summed E-state index contributed by atoms with van der Waals surface area (Å²) >= 11 is 1.14. The molecule has 228 valence electrons. The van der Waals surface area contributed by atoms with Gasteiger partial charge in [0, 0.05) is 12.0 Å². The normalized spacial score (nSPS) is 33.3. The molecule has 3 heterocycles. The molecule has 0 aromatic heterocycles. The standard InChI is InChI=1S/C32H40O9S/c1-6-8-9-10-11-12-13-18-14-22-31(17-23(33)40-30(3,4)5)16-20-24(27(35)38-26(20)34)25-19(18)15-21(28(36)42-7-2)39-32(22,25)41-29(31)37/h6,8,14,18-19,21,25H,7,9-13,15-17H2,1-5H3/b8-6+/t18-,19+,21-,25+,31-,32-/m0/s1. The second-order valence-corrected chi connectivity index (χ2v) is 14.1. The molecule has 1 spiro atoms. The molecule has 0 saturated carbocycles. The van der Waals surface area contributed by atoms with E-state index in [4.69, 9.17) is 18.9 Å². The lowest BCUT2D eigenvalue weighted by atomic mass is 9.60. The predicted molar refractivity (Wildman–Crippen MR) is 154 cm³/mol. The summed E-state index contributed by atoms with van der Waals surface area (Å²) in [5.41, 5.74) is -1.77. The van der Waals surface area contributed by atoms with E-state index >= 15 is 0 Å². The van der Waals surface area contributed by atoms with Crippen LogP contribution in [0.3, 0.4) is 0 Å². The highest BCUT2D eigenvalue weighted by Gasteiger charge is 2.75. The van der Waals surface area contributed by atoms with Gasteiger partial charge in [0.2, 0.25) is 10.9 Å². The Labute approximate surface area is 250 Å². The maximum Gasteiger partial charge on any atom is 0.343 e. The van der Waals surface area contributed by atoms with Crippen LogP contribution in [-0.2, 0) is 42.9 Å². The molecule has 0 aromatic rings. The highest BCUT2D eigenvalue weighted by molar-refractivity contribution is 8.13. The van der Waals surface area contributed by atoms with Crippen molar-refractivity contribution in [3.8, 4) is 0 Å². The van der Waals surface area contributed by atoms with Gasteiger partial charge in [0.1, 0.15) is 17.1 Å². The first-order valence-electron chi connectivity index (χ1n) is 15.0. The maximum absolute atomic E-state index is 14.0. The second-order valence-electron chi connectivity index (χ2n) is 12.8. The lowest BCUT2D eigenvalue weighted by Crippen LogP contribution is -2.59.